The summed E-state index contributed by atoms with van der Waals surface area (Å²) in [6.45, 7) is 0. The van der Waals surface area contributed by atoms with Gasteiger partial charge in [0.2, 0.25) is 0 Å². The molecule has 1 aliphatic carbocycles. The molecule has 0 bridgehead atoms. The van der Waals surface area contributed by atoms with E-state index in [1.54, 1.807) is 0 Å². The van der Waals surface area contributed by atoms with Gasteiger partial charge in [0.25, 0.3) is 0 Å². The van der Waals surface area contributed by atoms with Crippen LogP contribution in [0, 0.1) is 0 Å². The number of nitrogens with one attached hydrogen (secondary N) is 1. The van der Waals surface area contributed by atoms with Gasteiger partial charge in [-0.15, -0.1) is 0 Å². The number of aromatic nitrogens is 1. The number of hydrazine groups is 1. The summed E-state index contributed by atoms with van der Waals surface area (Å²) in [5, 5.41) is 2.41. The molecule has 3 nitrogen and oxygen atoms in total. The first kappa shape index (κ1) is 13.3. The fraction of sp³-hybridized carbons (Fsp3) is 0.353. The standard InChI is InChI=1S/C17H21N3/c18-20-17(11-13-5-2-1-3-6-13)15-8-4-7-14-9-10-19-12-16(14)15/h4-5,7-10,12,17,20H,1-3,6,11,18H2. The highest BCUT2D eigenvalue weighted by Gasteiger charge is 2.15. The molecule has 1 aromatic heterocycles. The SMILES string of the molecule is NNC(CC1=CCCCC1)c1cccc2ccncc12. The van der Waals surface area contributed by atoms with Crippen LogP contribution in [0.15, 0.2) is 48.3 Å². The summed E-state index contributed by atoms with van der Waals surface area (Å²) in [4.78, 5) is 4.25. The Morgan fingerprint density at radius 3 is 3.00 bits per heavy atom. The second kappa shape index (κ2) is 6.16. The molecule has 1 unspecified atom stereocenters. The average Bonchev–Trinajstić information content (AvgIpc) is 2.53. The molecule has 0 fully saturated rings. The highest BCUT2D eigenvalue weighted by molar-refractivity contribution is 5.85. The first-order valence-electron chi connectivity index (χ1n) is 7.35. The third-order valence-electron chi connectivity index (χ3n) is 4.15. The average molecular weight is 267 g/mol. The molecule has 0 aliphatic heterocycles. The summed E-state index contributed by atoms with van der Waals surface area (Å²) in [5.41, 5.74) is 5.76. The lowest BCUT2D eigenvalue weighted by Crippen LogP contribution is -2.28. The molecule has 1 heterocycles. The maximum Gasteiger partial charge on any atom is 0.0503 e. The van der Waals surface area contributed by atoms with Crippen LogP contribution in [0.3, 0.4) is 0 Å². The van der Waals surface area contributed by atoms with E-state index in [1.165, 1.54) is 47.6 Å². The van der Waals surface area contributed by atoms with Crippen LogP contribution in [-0.4, -0.2) is 4.98 Å². The Kier molecular flexibility index (Phi) is 4.09. The van der Waals surface area contributed by atoms with Crippen molar-refractivity contribution in [3.8, 4) is 0 Å². The molecule has 1 atom stereocenters. The van der Waals surface area contributed by atoms with Crippen LogP contribution in [0.1, 0.15) is 43.7 Å². The zero-order valence-electron chi connectivity index (χ0n) is 11.7. The second-order valence-electron chi connectivity index (χ2n) is 5.48. The van der Waals surface area contributed by atoms with Gasteiger partial charge in [0.15, 0.2) is 0 Å². The Morgan fingerprint density at radius 1 is 1.25 bits per heavy atom. The first-order chi connectivity index (χ1) is 9.88. The minimum Gasteiger partial charge on any atom is -0.271 e. The molecule has 104 valence electrons. The van der Waals surface area contributed by atoms with E-state index in [0.29, 0.717) is 0 Å². The molecular weight excluding hydrogens is 246 g/mol. The van der Waals surface area contributed by atoms with E-state index in [9.17, 15) is 0 Å². The normalized spacial score (nSPS) is 16.9. The number of rotatable bonds is 4. The Balaban J connectivity index is 1.92. The Morgan fingerprint density at radius 2 is 2.20 bits per heavy atom. The largest absolute Gasteiger partial charge is 0.271 e. The third kappa shape index (κ3) is 2.74. The third-order valence-corrected chi connectivity index (χ3v) is 4.15. The van der Waals surface area contributed by atoms with Gasteiger partial charge in [0.1, 0.15) is 0 Å². The molecule has 0 saturated carbocycles. The van der Waals surface area contributed by atoms with Gasteiger partial charge in [-0.2, -0.15) is 0 Å². The van der Waals surface area contributed by atoms with Crippen molar-refractivity contribution in [1.29, 1.82) is 0 Å². The van der Waals surface area contributed by atoms with Crippen molar-refractivity contribution in [2.45, 2.75) is 38.1 Å². The van der Waals surface area contributed by atoms with Gasteiger partial charge in [0, 0.05) is 17.8 Å². The fourth-order valence-electron chi connectivity index (χ4n) is 3.05. The number of nitrogens with two attached hydrogens (primary N) is 1. The lowest BCUT2D eigenvalue weighted by molar-refractivity contribution is 0.532. The van der Waals surface area contributed by atoms with Gasteiger partial charge in [0.05, 0.1) is 6.04 Å². The maximum atomic E-state index is 5.82. The quantitative estimate of drug-likeness (QED) is 0.505. The number of pyridine rings is 1. The Hall–Kier alpha value is -1.71. The predicted octanol–water partition coefficient (Wildman–Crippen LogP) is 3.63. The summed E-state index contributed by atoms with van der Waals surface area (Å²) >= 11 is 0. The smallest absolute Gasteiger partial charge is 0.0503 e. The van der Waals surface area contributed by atoms with E-state index >= 15 is 0 Å². The maximum absolute atomic E-state index is 5.82. The summed E-state index contributed by atoms with van der Waals surface area (Å²) in [6, 6.07) is 8.57. The molecule has 1 aliphatic rings. The highest BCUT2D eigenvalue weighted by atomic mass is 15.2. The number of fused-ring (bicyclic) bond motifs is 1. The van der Waals surface area contributed by atoms with Gasteiger partial charge in [-0.05, 0) is 49.1 Å². The Labute approximate surface area is 119 Å². The molecule has 0 radical (unpaired) electrons. The molecule has 0 spiro atoms. The number of benzene rings is 1. The first-order valence-corrected chi connectivity index (χ1v) is 7.35. The number of nitrogens with zero attached hydrogens (tertiary/aromatic N) is 1. The van der Waals surface area contributed by atoms with Crippen LogP contribution in [0.5, 0.6) is 0 Å². The second-order valence-corrected chi connectivity index (χ2v) is 5.48. The van der Waals surface area contributed by atoms with E-state index in [4.69, 9.17) is 5.84 Å². The van der Waals surface area contributed by atoms with E-state index in [0.717, 1.165) is 6.42 Å². The fourth-order valence-corrected chi connectivity index (χ4v) is 3.05. The Bertz CT molecular complexity index is 613. The minimum absolute atomic E-state index is 0.159. The van der Waals surface area contributed by atoms with Crippen LogP contribution in [0.2, 0.25) is 0 Å². The van der Waals surface area contributed by atoms with Crippen molar-refractivity contribution in [2.24, 2.45) is 5.84 Å². The van der Waals surface area contributed by atoms with E-state index in [1.807, 2.05) is 18.5 Å². The molecule has 3 N–H and O–H groups in total. The van der Waals surface area contributed by atoms with E-state index in [-0.39, 0.29) is 6.04 Å². The predicted molar refractivity (Wildman–Crippen MR) is 83.0 cm³/mol. The van der Waals surface area contributed by atoms with Gasteiger partial charge in [-0.1, -0.05) is 29.8 Å². The van der Waals surface area contributed by atoms with Crippen molar-refractivity contribution >= 4 is 10.8 Å². The van der Waals surface area contributed by atoms with Crippen molar-refractivity contribution in [1.82, 2.24) is 10.4 Å². The van der Waals surface area contributed by atoms with Crippen molar-refractivity contribution < 1.29 is 0 Å². The number of hydrogen-bond donors (Lipinski definition) is 2. The summed E-state index contributed by atoms with van der Waals surface area (Å²) in [6.07, 6.45) is 12.2. The highest BCUT2D eigenvalue weighted by Crippen LogP contribution is 2.30. The van der Waals surface area contributed by atoms with Gasteiger partial charge in [-0.25, -0.2) is 0 Å². The van der Waals surface area contributed by atoms with Gasteiger partial charge in [-0.3, -0.25) is 16.3 Å². The number of hydrogen-bond acceptors (Lipinski definition) is 3. The molecule has 2 aromatic rings. The molecule has 3 rings (SSSR count). The lowest BCUT2D eigenvalue weighted by Gasteiger charge is -2.21. The zero-order chi connectivity index (χ0) is 13.8. The van der Waals surface area contributed by atoms with Crippen LogP contribution < -0.4 is 11.3 Å². The topological polar surface area (TPSA) is 50.9 Å². The molecule has 0 amide bonds. The summed E-state index contributed by atoms with van der Waals surface area (Å²) in [5.74, 6) is 5.82. The minimum atomic E-state index is 0.159. The van der Waals surface area contributed by atoms with Crippen molar-refractivity contribution in [3.05, 3.63) is 53.9 Å². The van der Waals surface area contributed by atoms with Crippen molar-refractivity contribution in [3.63, 3.8) is 0 Å². The molecule has 3 heteroatoms. The summed E-state index contributed by atoms with van der Waals surface area (Å²) in [7, 11) is 0. The molecule has 1 aromatic carbocycles. The van der Waals surface area contributed by atoms with E-state index in [2.05, 4.69) is 34.7 Å². The number of allylic oxidation sites excluding steroid dienone is 1. The van der Waals surface area contributed by atoms with Crippen LogP contribution >= 0.6 is 0 Å². The molecule has 0 saturated heterocycles. The van der Waals surface area contributed by atoms with Crippen LogP contribution in [-0.2, 0) is 0 Å². The lowest BCUT2D eigenvalue weighted by atomic mass is 9.90. The monoisotopic (exact) mass is 267 g/mol. The molecule has 20 heavy (non-hydrogen) atoms. The van der Waals surface area contributed by atoms with Crippen LogP contribution in [0.25, 0.3) is 10.8 Å². The van der Waals surface area contributed by atoms with Gasteiger partial charge < -0.3 is 0 Å². The van der Waals surface area contributed by atoms with Crippen LogP contribution in [0.4, 0.5) is 0 Å². The molecular formula is C17H21N3. The van der Waals surface area contributed by atoms with E-state index < -0.39 is 0 Å². The van der Waals surface area contributed by atoms with Crippen molar-refractivity contribution in [2.75, 3.05) is 0 Å². The van der Waals surface area contributed by atoms with Gasteiger partial charge >= 0.3 is 0 Å². The zero-order valence-corrected chi connectivity index (χ0v) is 11.7. The summed E-state index contributed by atoms with van der Waals surface area (Å²) < 4.78 is 0.